The predicted molar refractivity (Wildman–Crippen MR) is 68.7 cm³/mol. The molecule has 0 aliphatic heterocycles. The standard InChI is InChI=1S/C12H17ClN2O3/c1-8-4-7-18-10(8)12(17)15-6-3-5-14-11(16)9(2)13/h4,7,9H,3,5-6H2,1-2H3,(H,14,16)(H,15,17). The maximum absolute atomic E-state index is 11.6. The average Bonchev–Trinajstić information content (AvgIpc) is 2.74. The molecule has 2 amide bonds. The topological polar surface area (TPSA) is 71.3 Å². The second kappa shape index (κ2) is 7.06. The normalized spacial score (nSPS) is 11.9. The van der Waals surface area contributed by atoms with Gasteiger partial charge in [0.05, 0.1) is 6.26 Å². The molecule has 6 heteroatoms. The van der Waals surface area contributed by atoms with Gasteiger partial charge in [0.2, 0.25) is 5.91 Å². The zero-order valence-corrected chi connectivity index (χ0v) is 11.2. The maximum atomic E-state index is 11.6. The number of amides is 2. The summed E-state index contributed by atoms with van der Waals surface area (Å²) in [5.41, 5.74) is 0.803. The van der Waals surface area contributed by atoms with Crippen molar-refractivity contribution in [3.05, 3.63) is 23.7 Å². The van der Waals surface area contributed by atoms with Crippen molar-refractivity contribution in [3.63, 3.8) is 0 Å². The minimum absolute atomic E-state index is 0.204. The van der Waals surface area contributed by atoms with Crippen LogP contribution < -0.4 is 10.6 Å². The molecule has 0 bridgehead atoms. The van der Waals surface area contributed by atoms with Gasteiger partial charge in [-0.15, -0.1) is 11.6 Å². The molecule has 0 aromatic carbocycles. The van der Waals surface area contributed by atoms with Gasteiger partial charge in [-0.25, -0.2) is 0 Å². The van der Waals surface area contributed by atoms with E-state index in [4.69, 9.17) is 16.0 Å². The molecule has 0 saturated heterocycles. The van der Waals surface area contributed by atoms with Gasteiger partial charge in [-0.1, -0.05) is 0 Å². The summed E-state index contributed by atoms with van der Waals surface area (Å²) in [7, 11) is 0. The first kappa shape index (κ1) is 14.6. The number of hydrogen-bond acceptors (Lipinski definition) is 3. The van der Waals surface area contributed by atoms with E-state index in [0.29, 0.717) is 25.3 Å². The van der Waals surface area contributed by atoms with E-state index in [1.54, 1.807) is 19.9 Å². The molecular formula is C12H17ClN2O3. The van der Waals surface area contributed by atoms with Crippen LogP contribution in [0.4, 0.5) is 0 Å². The van der Waals surface area contributed by atoms with Crippen LogP contribution in [0.25, 0.3) is 0 Å². The van der Waals surface area contributed by atoms with Crippen LogP contribution in [0.2, 0.25) is 0 Å². The first-order chi connectivity index (χ1) is 8.52. The van der Waals surface area contributed by atoms with E-state index in [9.17, 15) is 9.59 Å². The van der Waals surface area contributed by atoms with E-state index >= 15 is 0 Å². The zero-order chi connectivity index (χ0) is 13.5. The van der Waals surface area contributed by atoms with Crippen LogP contribution >= 0.6 is 11.6 Å². The number of furan rings is 1. The van der Waals surface area contributed by atoms with Gasteiger partial charge in [-0.05, 0) is 26.3 Å². The highest BCUT2D eigenvalue weighted by Gasteiger charge is 2.11. The number of halogens is 1. The monoisotopic (exact) mass is 272 g/mol. The molecule has 5 nitrogen and oxygen atoms in total. The molecule has 0 saturated carbocycles. The molecule has 0 aliphatic rings. The lowest BCUT2D eigenvalue weighted by atomic mass is 10.2. The van der Waals surface area contributed by atoms with Crippen molar-refractivity contribution in [2.45, 2.75) is 25.6 Å². The Morgan fingerprint density at radius 3 is 2.61 bits per heavy atom. The zero-order valence-electron chi connectivity index (χ0n) is 10.5. The van der Waals surface area contributed by atoms with Gasteiger partial charge in [0, 0.05) is 18.7 Å². The highest BCUT2D eigenvalue weighted by atomic mass is 35.5. The lowest BCUT2D eigenvalue weighted by Gasteiger charge is -2.07. The van der Waals surface area contributed by atoms with Crippen molar-refractivity contribution < 1.29 is 14.0 Å². The number of rotatable bonds is 6. The van der Waals surface area contributed by atoms with E-state index in [1.807, 2.05) is 0 Å². The van der Waals surface area contributed by atoms with Gasteiger partial charge in [-0.2, -0.15) is 0 Å². The number of carbonyl (C=O) groups is 2. The Bertz CT molecular complexity index is 415. The van der Waals surface area contributed by atoms with Gasteiger partial charge in [0.1, 0.15) is 5.38 Å². The van der Waals surface area contributed by atoms with E-state index in [2.05, 4.69) is 10.6 Å². The molecule has 100 valence electrons. The van der Waals surface area contributed by atoms with Crippen LogP contribution in [-0.2, 0) is 4.79 Å². The molecule has 1 atom stereocenters. The quantitative estimate of drug-likeness (QED) is 0.608. The summed E-state index contributed by atoms with van der Waals surface area (Å²) in [5, 5.41) is 4.83. The van der Waals surface area contributed by atoms with Crippen LogP contribution in [0.15, 0.2) is 16.7 Å². The number of hydrogen-bond donors (Lipinski definition) is 2. The Kier molecular flexibility index (Phi) is 5.71. The van der Waals surface area contributed by atoms with Gasteiger partial charge in [0.25, 0.3) is 5.91 Å². The summed E-state index contributed by atoms with van der Waals surface area (Å²) >= 11 is 5.58. The number of aryl methyl sites for hydroxylation is 1. The second-order valence-electron chi connectivity index (χ2n) is 3.95. The molecule has 0 radical (unpaired) electrons. The molecule has 2 N–H and O–H groups in total. The fraction of sp³-hybridized carbons (Fsp3) is 0.500. The smallest absolute Gasteiger partial charge is 0.287 e. The summed E-state index contributed by atoms with van der Waals surface area (Å²) < 4.78 is 5.05. The van der Waals surface area contributed by atoms with Crippen molar-refractivity contribution in [2.75, 3.05) is 13.1 Å². The molecule has 0 fully saturated rings. The Morgan fingerprint density at radius 2 is 2.06 bits per heavy atom. The van der Waals surface area contributed by atoms with Crippen molar-refractivity contribution in [2.24, 2.45) is 0 Å². The summed E-state index contributed by atoms with van der Waals surface area (Å²) in [5.74, 6) is -0.118. The van der Waals surface area contributed by atoms with Gasteiger partial charge in [-0.3, -0.25) is 9.59 Å². The largest absolute Gasteiger partial charge is 0.459 e. The number of nitrogens with one attached hydrogen (secondary N) is 2. The molecule has 0 spiro atoms. The van der Waals surface area contributed by atoms with Crippen LogP contribution in [0, 0.1) is 6.92 Å². The van der Waals surface area contributed by atoms with Crippen molar-refractivity contribution >= 4 is 23.4 Å². The third-order valence-electron chi connectivity index (χ3n) is 2.37. The molecule has 0 aliphatic carbocycles. The fourth-order valence-corrected chi connectivity index (χ4v) is 1.41. The van der Waals surface area contributed by atoms with Crippen molar-refractivity contribution in [3.8, 4) is 0 Å². The molecular weight excluding hydrogens is 256 g/mol. The number of alkyl halides is 1. The summed E-state index contributed by atoms with van der Waals surface area (Å²) in [6.07, 6.45) is 2.12. The van der Waals surface area contributed by atoms with Crippen molar-refractivity contribution in [1.29, 1.82) is 0 Å². The second-order valence-corrected chi connectivity index (χ2v) is 4.60. The van der Waals surface area contributed by atoms with Gasteiger partial charge in [0.15, 0.2) is 5.76 Å². The van der Waals surface area contributed by atoms with E-state index in [0.717, 1.165) is 5.56 Å². The number of carbonyl (C=O) groups excluding carboxylic acids is 2. The molecule has 1 aromatic rings. The van der Waals surface area contributed by atoms with E-state index < -0.39 is 5.38 Å². The SMILES string of the molecule is Cc1ccoc1C(=O)NCCCNC(=O)C(C)Cl. The van der Waals surface area contributed by atoms with Crippen LogP contribution in [0.1, 0.15) is 29.5 Å². The average molecular weight is 273 g/mol. The first-order valence-electron chi connectivity index (χ1n) is 5.76. The van der Waals surface area contributed by atoms with Gasteiger partial charge >= 0.3 is 0 Å². The Hall–Kier alpha value is -1.49. The third kappa shape index (κ3) is 4.41. The highest BCUT2D eigenvalue weighted by molar-refractivity contribution is 6.30. The van der Waals surface area contributed by atoms with Crippen LogP contribution in [0.5, 0.6) is 0 Å². The third-order valence-corrected chi connectivity index (χ3v) is 2.57. The highest BCUT2D eigenvalue weighted by Crippen LogP contribution is 2.07. The molecule has 1 unspecified atom stereocenters. The summed E-state index contributed by atoms with van der Waals surface area (Å²) in [6.45, 7) is 4.36. The minimum Gasteiger partial charge on any atom is -0.459 e. The fourth-order valence-electron chi connectivity index (χ4n) is 1.33. The van der Waals surface area contributed by atoms with Gasteiger partial charge < -0.3 is 15.1 Å². The Labute approximate surface area is 111 Å². The summed E-state index contributed by atoms with van der Waals surface area (Å²) in [6, 6.07) is 1.73. The molecule has 1 rings (SSSR count). The van der Waals surface area contributed by atoms with Crippen molar-refractivity contribution in [1.82, 2.24) is 10.6 Å². The van der Waals surface area contributed by atoms with Crippen LogP contribution in [-0.4, -0.2) is 30.3 Å². The predicted octanol–water partition coefficient (Wildman–Crippen LogP) is 1.45. The Balaban J connectivity index is 2.17. The Morgan fingerprint density at radius 1 is 1.39 bits per heavy atom. The van der Waals surface area contributed by atoms with Crippen LogP contribution in [0.3, 0.4) is 0 Å². The lowest BCUT2D eigenvalue weighted by molar-refractivity contribution is -0.120. The minimum atomic E-state index is -0.537. The van der Waals surface area contributed by atoms with E-state index in [1.165, 1.54) is 6.26 Å². The molecule has 1 aromatic heterocycles. The van der Waals surface area contributed by atoms with E-state index in [-0.39, 0.29) is 11.8 Å². The molecule has 18 heavy (non-hydrogen) atoms. The summed E-state index contributed by atoms with van der Waals surface area (Å²) in [4.78, 5) is 22.7. The molecule has 1 heterocycles. The lowest BCUT2D eigenvalue weighted by Crippen LogP contribution is -2.33. The maximum Gasteiger partial charge on any atom is 0.287 e. The first-order valence-corrected chi connectivity index (χ1v) is 6.20.